The maximum atomic E-state index is 12.6. The summed E-state index contributed by atoms with van der Waals surface area (Å²) in [5.74, 6) is 0.985. The van der Waals surface area contributed by atoms with E-state index in [2.05, 4.69) is 25.6 Å². The molecule has 1 amide bonds. The molecule has 0 atom stereocenters. The van der Waals surface area contributed by atoms with Gasteiger partial charge in [0.25, 0.3) is 0 Å². The summed E-state index contributed by atoms with van der Waals surface area (Å²) in [6, 6.07) is 2.01. The molecule has 3 heterocycles. The highest BCUT2D eigenvalue weighted by molar-refractivity contribution is 6.05. The van der Waals surface area contributed by atoms with Gasteiger partial charge in [0.15, 0.2) is 0 Å². The number of aromatic nitrogens is 3. The number of nitrogens with one attached hydrogen (secondary N) is 2. The van der Waals surface area contributed by atoms with Crippen LogP contribution in [0.3, 0.4) is 0 Å². The standard InChI is InChI=1S/C18H18F3N5O/c1-17(2)13-12(3-4-22-14(13)26-15(17)27)9-5-11(6-9)25-16-23-7-10(8-24-16)18(19,20)21/h3-4,7-9,11H,5-6H2,1-2H3,(H,22,26,27)(H,23,24,25). The lowest BCUT2D eigenvalue weighted by Crippen LogP contribution is -2.36. The van der Waals surface area contributed by atoms with Crippen molar-refractivity contribution in [1.29, 1.82) is 0 Å². The lowest BCUT2D eigenvalue weighted by atomic mass is 9.71. The highest BCUT2D eigenvalue weighted by atomic mass is 19.4. The van der Waals surface area contributed by atoms with Gasteiger partial charge in [-0.2, -0.15) is 13.2 Å². The molecule has 1 aliphatic carbocycles. The second kappa shape index (κ2) is 5.90. The number of anilines is 2. The van der Waals surface area contributed by atoms with E-state index < -0.39 is 17.2 Å². The number of amides is 1. The van der Waals surface area contributed by atoms with E-state index >= 15 is 0 Å². The van der Waals surface area contributed by atoms with E-state index in [1.54, 1.807) is 6.20 Å². The second-order valence-corrected chi connectivity index (χ2v) is 7.51. The first-order valence-corrected chi connectivity index (χ1v) is 8.63. The van der Waals surface area contributed by atoms with Crippen molar-refractivity contribution < 1.29 is 18.0 Å². The number of rotatable bonds is 3. The molecule has 6 nitrogen and oxygen atoms in total. The van der Waals surface area contributed by atoms with Gasteiger partial charge in [0.05, 0.1) is 11.0 Å². The van der Waals surface area contributed by atoms with Crippen molar-refractivity contribution in [3.8, 4) is 0 Å². The average molecular weight is 377 g/mol. The summed E-state index contributed by atoms with van der Waals surface area (Å²) in [4.78, 5) is 23.9. The molecule has 0 radical (unpaired) electrons. The summed E-state index contributed by atoms with van der Waals surface area (Å²) in [6.45, 7) is 3.76. The number of pyridine rings is 1. The van der Waals surface area contributed by atoms with E-state index in [-0.39, 0.29) is 23.8 Å². The van der Waals surface area contributed by atoms with Crippen LogP contribution in [0.25, 0.3) is 0 Å². The van der Waals surface area contributed by atoms with E-state index in [4.69, 9.17) is 0 Å². The van der Waals surface area contributed by atoms with Crippen LogP contribution < -0.4 is 10.6 Å². The van der Waals surface area contributed by atoms with Crippen LogP contribution in [0.15, 0.2) is 24.7 Å². The van der Waals surface area contributed by atoms with Crippen molar-refractivity contribution in [2.24, 2.45) is 0 Å². The molecule has 0 bridgehead atoms. The Morgan fingerprint density at radius 1 is 1.19 bits per heavy atom. The first-order chi connectivity index (χ1) is 12.7. The summed E-state index contributed by atoms with van der Waals surface area (Å²) < 4.78 is 37.7. The van der Waals surface area contributed by atoms with Gasteiger partial charge in [0.1, 0.15) is 5.82 Å². The van der Waals surface area contributed by atoms with Crippen LogP contribution in [0.4, 0.5) is 24.9 Å². The maximum Gasteiger partial charge on any atom is 0.419 e. The number of hydrogen-bond donors (Lipinski definition) is 2. The number of halogens is 3. The first-order valence-electron chi connectivity index (χ1n) is 8.63. The van der Waals surface area contributed by atoms with E-state index in [1.807, 2.05) is 19.9 Å². The summed E-state index contributed by atoms with van der Waals surface area (Å²) >= 11 is 0. The number of nitrogens with zero attached hydrogens (tertiary/aromatic N) is 3. The highest BCUT2D eigenvalue weighted by Crippen LogP contribution is 2.46. The molecule has 0 unspecified atom stereocenters. The number of fused-ring (bicyclic) bond motifs is 1. The van der Waals surface area contributed by atoms with Crippen LogP contribution in [0.2, 0.25) is 0 Å². The monoisotopic (exact) mass is 377 g/mol. The minimum atomic E-state index is -4.44. The lowest BCUT2D eigenvalue weighted by Gasteiger charge is -2.38. The summed E-state index contributed by atoms with van der Waals surface area (Å²) in [5.41, 5.74) is 0.527. The smallest absolute Gasteiger partial charge is 0.351 e. The Balaban J connectivity index is 1.44. The number of alkyl halides is 3. The van der Waals surface area contributed by atoms with Crippen molar-refractivity contribution >= 4 is 17.7 Å². The molecule has 9 heteroatoms. The Hall–Kier alpha value is -2.71. The zero-order valence-electron chi connectivity index (χ0n) is 14.8. The van der Waals surface area contributed by atoms with Crippen molar-refractivity contribution in [1.82, 2.24) is 15.0 Å². The molecule has 0 aromatic carbocycles. The Morgan fingerprint density at radius 2 is 1.85 bits per heavy atom. The molecule has 1 fully saturated rings. The molecule has 1 aliphatic heterocycles. The quantitative estimate of drug-likeness (QED) is 0.856. The van der Waals surface area contributed by atoms with Gasteiger partial charge < -0.3 is 10.6 Å². The van der Waals surface area contributed by atoms with Gasteiger partial charge in [-0.05, 0) is 44.2 Å². The molecule has 2 aromatic rings. The fourth-order valence-corrected chi connectivity index (χ4v) is 3.67. The van der Waals surface area contributed by atoms with Gasteiger partial charge in [-0.15, -0.1) is 0 Å². The third kappa shape index (κ3) is 3.00. The molecule has 2 aromatic heterocycles. The zero-order valence-corrected chi connectivity index (χ0v) is 14.8. The average Bonchev–Trinajstić information content (AvgIpc) is 2.80. The van der Waals surface area contributed by atoms with Gasteiger partial charge >= 0.3 is 6.18 Å². The first kappa shape index (κ1) is 17.7. The number of hydrogen-bond acceptors (Lipinski definition) is 5. The topological polar surface area (TPSA) is 79.8 Å². The molecule has 2 aliphatic rings. The van der Waals surface area contributed by atoms with Gasteiger partial charge in [0.2, 0.25) is 11.9 Å². The zero-order chi connectivity index (χ0) is 19.4. The SMILES string of the molecule is CC1(C)C(=O)Nc2nccc(C3CC(Nc4ncc(C(F)(F)F)cn4)C3)c21. The van der Waals surface area contributed by atoms with Gasteiger partial charge in [-0.1, -0.05) is 0 Å². The van der Waals surface area contributed by atoms with Crippen molar-refractivity contribution in [3.63, 3.8) is 0 Å². The predicted molar refractivity (Wildman–Crippen MR) is 92.3 cm³/mol. The molecular weight excluding hydrogens is 359 g/mol. The molecule has 0 spiro atoms. The molecule has 27 heavy (non-hydrogen) atoms. The van der Waals surface area contributed by atoms with Crippen LogP contribution >= 0.6 is 0 Å². The third-order valence-electron chi connectivity index (χ3n) is 5.30. The van der Waals surface area contributed by atoms with Crippen LogP contribution in [-0.2, 0) is 16.4 Å². The summed E-state index contributed by atoms with van der Waals surface area (Å²) in [7, 11) is 0. The van der Waals surface area contributed by atoms with E-state index in [9.17, 15) is 18.0 Å². The van der Waals surface area contributed by atoms with Crippen LogP contribution in [0.1, 0.15) is 49.3 Å². The highest BCUT2D eigenvalue weighted by Gasteiger charge is 2.44. The summed E-state index contributed by atoms with van der Waals surface area (Å²) in [5, 5.41) is 5.89. The largest absolute Gasteiger partial charge is 0.419 e. The fourth-order valence-electron chi connectivity index (χ4n) is 3.67. The summed E-state index contributed by atoms with van der Waals surface area (Å²) in [6.07, 6.45) is 0.369. The van der Waals surface area contributed by atoms with Gasteiger partial charge in [0, 0.05) is 30.2 Å². The Kier molecular flexibility index (Phi) is 3.87. The molecule has 2 N–H and O–H groups in total. The van der Waals surface area contributed by atoms with Crippen molar-refractivity contribution in [3.05, 3.63) is 41.3 Å². The lowest BCUT2D eigenvalue weighted by molar-refractivity contribution is -0.138. The number of carbonyl (C=O) groups excluding carboxylic acids is 1. The molecule has 142 valence electrons. The van der Waals surface area contributed by atoms with E-state index in [1.165, 1.54) is 0 Å². The Labute approximate surface area is 153 Å². The van der Waals surface area contributed by atoms with Crippen LogP contribution in [0, 0.1) is 0 Å². The fraction of sp³-hybridized carbons (Fsp3) is 0.444. The molecule has 4 rings (SSSR count). The third-order valence-corrected chi connectivity index (χ3v) is 5.30. The minimum absolute atomic E-state index is 0.0652. The molecular formula is C18H18F3N5O. The van der Waals surface area contributed by atoms with Gasteiger partial charge in [-0.25, -0.2) is 15.0 Å². The Bertz CT molecular complexity index is 889. The maximum absolute atomic E-state index is 12.6. The number of carbonyl (C=O) groups is 1. The van der Waals surface area contributed by atoms with Crippen LogP contribution in [-0.4, -0.2) is 26.9 Å². The van der Waals surface area contributed by atoms with Crippen LogP contribution in [0.5, 0.6) is 0 Å². The van der Waals surface area contributed by atoms with E-state index in [0.717, 1.165) is 36.4 Å². The second-order valence-electron chi connectivity index (χ2n) is 7.51. The Morgan fingerprint density at radius 3 is 2.48 bits per heavy atom. The van der Waals surface area contributed by atoms with E-state index in [0.29, 0.717) is 5.82 Å². The van der Waals surface area contributed by atoms with Gasteiger partial charge in [-0.3, -0.25) is 4.79 Å². The normalized spacial score (nSPS) is 23.4. The predicted octanol–water partition coefficient (Wildman–Crippen LogP) is 3.48. The van der Waals surface area contributed by atoms with Crippen molar-refractivity contribution in [2.45, 2.75) is 50.2 Å². The minimum Gasteiger partial charge on any atom is -0.351 e. The molecule has 1 saturated carbocycles. The molecule has 0 saturated heterocycles. The van der Waals surface area contributed by atoms with Crippen molar-refractivity contribution in [2.75, 3.05) is 10.6 Å².